The molecule has 0 saturated carbocycles. The van der Waals surface area contributed by atoms with Crippen LogP contribution >= 0.6 is 0 Å². The molecule has 3 aromatic heterocycles. The first kappa shape index (κ1) is 16.9. The second-order valence-electron chi connectivity index (χ2n) is 6.87. The monoisotopic (exact) mass is 385 g/mol. The molecule has 2 N–H and O–H groups in total. The van der Waals surface area contributed by atoms with E-state index >= 15 is 0 Å². The first-order valence-corrected chi connectivity index (χ1v) is 8.68. The highest BCUT2D eigenvalue weighted by Crippen LogP contribution is 2.34. The van der Waals surface area contributed by atoms with Crippen LogP contribution in [0.2, 0.25) is 0 Å². The molecule has 5 rings (SSSR count). The normalized spacial score (nSPS) is 19.1. The molecule has 0 bridgehead atoms. The van der Waals surface area contributed by atoms with Crippen LogP contribution in [-0.2, 0) is 12.8 Å². The third-order valence-electron chi connectivity index (χ3n) is 5.23. The van der Waals surface area contributed by atoms with Gasteiger partial charge in [-0.1, -0.05) is 5.16 Å². The van der Waals surface area contributed by atoms with E-state index in [4.69, 9.17) is 10.3 Å². The van der Waals surface area contributed by atoms with E-state index in [1.807, 2.05) is 22.7 Å². The minimum Gasteiger partial charge on any atom is -0.342 e. The highest BCUT2D eigenvalue weighted by molar-refractivity contribution is 5.61. The quantitative estimate of drug-likeness (QED) is 0.537. The molecular formula is C19H14F3N5O. The number of benzene rings is 1. The van der Waals surface area contributed by atoms with Crippen molar-refractivity contribution in [3.8, 4) is 11.4 Å². The lowest BCUT2D eigenvalue weighted by Gasteiger charge is -2.29. The molecule has 2 unspecified atom stereocenters. The molecule has 4 aromatic rings. The van der Waals surface area contributed by atoms with Gasteiger partial charge in [0.25, 0.3) is 0 Å². The Balaban J connectivity index is 1.56. The van der Waals surface area contributed by atoms with Gasteiger partial charge < -0.3 is 14.7 Å². The summed E-state index contributed by atoms with van der Waals surface area (Å²) in [7, 11) is 0. The fourth-order valence-electron chi connectivity index (χ4n) is 3.85. The number of rotatable bonds is 2. The Hall–Kier alpha value is -3.20. The van der Waals surface area contributed by atoms with E-state index in [0.29, 0.717) is 30.4 Å². The lowest BCUT2D eigenvalue weighted by atomic mass is 9.80. The second-order valence-corrected chi connectivity index (χ2v) is 6.87. The predicted octanol–water partition coefficient (Wildman–Crippen LogP) is 3.01. The third kappa shape index (κ3) is 2.58. The smallest absolute Gasteiger partial charge is 0.214 e. The van der Waals surface area contributed by atoms with Crippen molar-refractivity contribution in [2.75, 3.05) is 0 Å². The Morgan fingerprint density at radius 3 is 2.68 bits per heavy atom. The third-order valence-corrected chi connectivity index (χ3v) is 5.23. The summed E-state index contributed by atoms with van der Waals surface area (Å²) in [4.78, 5) is 8.66. The van der Waals surface area contributed by atoms with Crippen molar-refractivity contribution < 1.29 is 17.7 Å². The maximum atomic E-state index is 14.3. The van der Waals surface area contributed by atoms with Crippen LogP contribution in [-0.4, -0.2) is 25.6 Å². The minimum atomic E-state index is -1.21. The molecule has 0 aliphatic heterocycles. The molecule has 1 aromatic carbocycles. The number of hydrogen-bond donors (Lipinski definition) is 1. The van der Waals surface area contributed by atoms with Gasteiger partial charge in [-0.05, 0) is 30.2 Å². The second kappa shape index (κ2) is 6.16. The van der Waals surface area contributed by atoms with Gasteiger partial charge in [0.2, 0.25) is 12.2 Å². The van der Waals surface area contributed by atoms with Gasteiger partial charge in [-0.3, -0.25) is 0 Å². The number of halogens is 3. The van der Waals surface area contributed by atoms with Gasteiger partial charge in [-0.25, -0.2) is 18.2 Å². The lowest BCUT2D eigenvalue weighted by Crippen LogP contribution is -2.37. The molecule has 0 spiro atoms. The molecule has 1 aliphatic carbocycles. The number of nitrogens with zero attached hydrogens (tertiary/aromatic N) is 4. The molecule has 0 radical (unpaired) electrons. The average molecular weight is 385 g/mol. The van der Waals surface area contributed by atoms with E-state index in [1.165, 1.54) is 6.39 Å². The first-order chi connectivity index (χ1) is 13.5. The zero-order chi connectivity index (χ0) is 19.4. The van der Waals surface area contributed by atoms with E-state index < -0.39 is 29.4 Å². The summed E-state index contributed by atoms with van der Waals surface area (Å²) in [6.45, 7) is 0. The van der Waals surface area contributed by atoms with Crippen molar-refractivity contribution >= 4 is 5.65 Å². The number of fused-ring (bicyclic) bond motifs is 3. The fourth-order valence-corrected chi connectivity index (χ4v) is 3.85. The number of nitrogens with two attached hydrogens (primary N) is 1. The van der Waals surface area contributed by atoms with Gasteiger partial charge >= 0.3 is 0 Å². The van der Waals surface area contributed by atoms with Gasteiger partial charge in [0.05, 0.1) is 5.69 Å². The van der Waals surface area contributed by atoms with Crippen molar-refractivity contribution in [1.82, 2.24) is 19.5 Å². The standard InChI is InChI=1S/C19H14F3N5O/c20-12-6-14(22)13(21)4-10(12)11-5-16-17(7-15(11)23)27-2-1-9(3-18(27)25-16)19-24-8-28-26-19/h1-4,6,8,11,15H,5,7,23H2. The van der Waals surface area contributed by atoms with Crippen molar-refractivity contribution in [3.05, 3.63) is 71.3 Å². The highest BCUT2D eigenvalue weighted by atomic mass is 19.2. The molecule has 0 fully saturated rings. The Morgan fingerprint density at radius 1 is 1.07 bits per heavy atom. The summed E-state index contributed by atoms with van der Waals surface area (Å²) < 4.78 is 47.9. The molecule has 1 aliphatic rings. The molecular weight excluding hydrogens is 371 g/mol. The number of aromatic nitrogens is 4. The van der Waals surface area contributed by atoms with Crippen molar-refractivity contribution in [3.63, 3.8) is 0 Å². The molecule has 3 heterocycles. The summed E-state index contributed by atoms with van der Waals surface area (Å²) >= 11 is 0. The first-order valence-electron chi connectivity index (χ1n) is 8.68. The number of hydrogen-bond acceptors (Lipinski definition) is 5. The predicted molar refractivity (Wildman–Crippen MR) is 92.9 cm³/mol. The maximum absolute atomic E-state index is 14.3. The highest BCUT2D eigenvalue weighted by Gasteiger charge is 2.33. The van der Waals surface area contributed by atoms with E-state index in [-0.39, 0.29) is 5.56 Å². The molecule has 0 amide bonds. The van der Waals surface area contributed by atoms with Gasteiger partial charge in [0.1, 0.15) is 11.5 Å². The largest absolute Gasteiger partial charge is 0.342 e. The topological polar surface area (TPSA) is 82.2 Å². The van der Waals surface area contributed by atoms with Crippen LogP contribution in [0.5, 0.6) is 0 Å². The molecule has 142 valence electrons. The summed E-state index contributed by atoms with van der Waals surface area (Å²) in [6.07, 6.45) is 3.85. The van der Waals surface area contributed by atoms with Crippen LogP contribution in [0.3, 0.4) is 0 Å². The maximum Gasteiger partial charge on any atom is 0.214 e. The van der Waals surface area contributed by atoms with Gasteiger partial charge in [-0.2, -0.15) is 4.98 Å². The van der Waals surface area contributed by atoms with E-state index in [9.17, 15) is 13.2 Å². The average Bonchev–Trinajstić information content (AvgIpc) is 3.31. The lowest BCUT2D eigenvalue weighted by molar-refractivity contribution is 0.419. The van der Waals surface area contributed by atoms with Crippen LogP contribution in [0.1, 0.15) is 22.9 Å². The number of imidazole rings is 1. The van der Waals surface area contributed by atoms with Crippen LogP contribution < -0.4 is 5.73 Å². The van der Waals surface area contributed by atoms with E-state index in [0.717, 1.165) is 23.0 Å². The van der Waals surface area contributed by atoms with Gasteiger partial charge in [-0.15, -0.1) is 0 Å². The zero-order valence-electron chi connectivity index (χ0n) is 14.4. The molecule has 2 atom stereocenters. The van der Waals surface area contributed by atoms with Crippen LogP contribution in [0.25, 0.3) is 17.0 Å². The summed E-state index contributed by atoms with van der Waals surface area (Å²) in [5.74, 6) is -3.15. The molecule has 9 heteroatoms. The summed E-state index contributed by atoms with van der Waals surface area (Å²) in [5, 5.41) is 3.81. The summed E-state index contributed by atoms with van der Waals surface area (Å²) in [5.41, 5.74) is 9.44. The van der Waals surface area contributed by atoms with Gasteiger partial charge in [0.15, 0.2) is 11.6 Å². The van der Waals surface area contributed by atoms with Crippen molar-refractivity contribution in [1.29, 1.82) is 0 Å². The van der Waals surface area contributed by atoms with Crippen LogP contribution in [0, 0.1) is 17.5 Å². The van der Waals surface area contributed by atoms with Crippen LogP contribution in [0.15, 0.2) is 41.4 Å². The minimum absolute atomic E-state index is 0.0709. The Labute approximate surface area is 156 Å². The summed E-state index contributed by atoms with van der Waals surface area (Å²) in [6, 6.07) is 4.66. The fraction of sp³-hybridized carbons (Fsp3) is 0.211. The Kier molecular flexibility index (Phi) is 3.73. The van der Waals surface area contributed by atoms with Crippen LogP contribution in [0.4, 0.5) is 13.2 Å². The van der Waals surface area contributed by atoms with Crippen molar-refractivity contribution in [2.45, 2.75) is 24.8 Å². The van der Waals surface area contributed by atoms with E-state index in [2.05, 4.69) is 15.1 Å². The zero-order valence-corrected chi connectivity index (χ0v) is 14.4. The Morgan fingerprint density at radius 2 is 1.89 bits per heavy atom. The number of pyridine rings is 1. The molecule has 28 heavy (non-hydrogen) atoms. The Bertz CT molecular complexity index is 1190. The van der Waals surface area contributed by atoms with Crippen molar-refractivity contribution in [2.24, 2.45) is 5.73 Å². The van der Waals surface area contributed by atoms with E-state index in [1.54, 1.807) is 0 Å². The molecule has 6 nitrogen and oxygen atoms in total. The van der Waals surface area contributed by atoms with Gasteiger partial charge in [0, 0.05) is 41.9 Å². The SMILES string of the molecule is NC1Cc2c(nc3cc(-c4ncon4)ccn23)CC1c1cc(F)c(F)cc1F. The molecule has 0 saturated heterocycles.